The normalized spacial score (nSPS) is 33.4. The first-order valence-corrected chi connectivity index (χ1v) is 7.44. The lowest BCUT2D eigenvalue weighted by Gasteiger charge is -2.40. The first-order valence-electron chi connectivity index (χ1n) is 6.56. The second kappa shape index (κ2) is 4.57. The van der Waals surface area contributed by atoms with Crippen molar-refractivity contribution >= 4 is 11.8 Å². The summed E-state index contributed by atoms with van der Waals surface area (Å²) in [7, 11) is 0. The molecule has 2 nitrogen and oxygen atoms in total. The molecule has 0 radical (unpaired) electrons. The van der Waals surface area contributed by atoms with Crippen molar-refractivity contribution in [1.82, 2.24) is 0 Å². The number of fused-ring (bicyclic) bond motifs is 1. The van der Waals surface area contributed by atoms with E-state index in [0.717, 1.165) is 22.9 Å². The Morgan fingerprint density at radius 2 is 2.18 bits per heavy atom. The van der Waals surface area contributed by atoms with E-state index in [1.807, 2.05) is 0 Å². The van der Waals surface area contributed by atoms with E-state index < -0.39 is 0 Å². The fourth-order valence-corrected chi connectivity index (χ4v) is 4.55. The lowest BCUT2D eigenvalue weighted by molar-refractivity contribution is 0.142. The molecule has 0 aromatic heterocycles. The maximum atomic E-state index is 9.15. The van der Waals surface area contributed by atoms with E-state index in [0.29, 0.717) is 16.6 Å². The zero-order chi connectivity index (χ0) is 12.6. The Hall–Kier alpha value is -0.620. The largest absolute Gasteiger partial charge is 0.393 e. The summed E-state index contributed by atoms with van der Waals surface area (Å²) in [5, 5.41) is 10.5. The smallest absolute Gasteiger partial charge is 0.0977 e. The molecule has 1 fully saturated rings. The van der Waals surface area contributed by atoms with Gasteiger partial charge in [-0.15, -0.1) is 11.8 Å². The molecule has 3 atom stereocenters. The number of nitriles is 1. The van der Waals surface area contributed by atoms with E-state index in [-0.39, 0.29) is 0 Å². The summed E-state index contributed by atoms with van der Waals surface area (Å²) in [6.07, 6.45) is 4.85. The van der Waals surface area contributed by atoms with Gasteiger partial charge in [0.1, 0.15) is 0 Å². The molecule has 2 rings (SSSR count). The highest BCUT2D eigenvalue weighted by molar-refractivity contribution is 8.03. The Bertz CT molecular complexity index is 378. The third kappa shape index (κ3) is 2.20. The van der Waals surface area contributed by atoms with Crippen LogP contribution >= 0.6 is 11.8 Å². The quantitative estimate of drug-likeness (QED) is 0.814. The first-order chi connectivity index (χ1) is 7.99. The van der Waals surface area contributed by atoms with Crippen LogP contribution in [0.3, 0.4) is 0 Å². The lowest BCUT2D eigenvalue weighted by atomic mass is 9.66. The summed E-state index contributed by atoms with van der Waals surface area (Å²) in [5.74, 6) is 1.22. The fourth-order valence-electron chi connectivity index (χ4n) is 3.14. The molecule has 0 spiro atoms. The van der Waals surface area contributed by atoms with Gasteiger partial charge in [0.15, 0.2) is 0 Å². The molecule has 94 valence electrons. The van der Waals surface area contributed by atoms with E-state index in [9.17, 15) is 0 Å². The van der Waals surface area contributed by atoms with Crippen LogP contribution in [0.4, 0.5) is 0 Å². The van der Waals surface area contributed by atoms with Gasteiger partial charge in [0.2, 0.25) is 0 Å². The van der Waals surface area contributed by atoms with Crippen molar-refractivity contribution in [2.75, 3.05) is 0 Å². The van der Waals surface area contributed by atoms with Crippen LogP contribution in [0.25, 0.3) is 0 Å². The van der Waals surface area contributed by atoms with Crippen LogP contribution in [0.1, 0.15) is 46.5 Å². The summed E-state index contributed by atoms with van der Waals surface area (Å²) >= 11 is 1.75. The molecule has 1 aliphatic heterocycles. The molecule has 0 aromatic rings. The van der Waals surface area contributed by atoms with Gasteiger partial charge in [0.25, 0.3) is 0 Å². The van der Waals surface area contributed by atoms with E-state index in [1.54, 1.807) is 11.8 Å². The zero-order valence-electron chi connectivity index (χ0n) is 11.0. The average Bonchev–Trinajstić information content (AvgIpc) is 2.63. The zero-order valence-corrected chi connectivity index (χ0v) is 11.8. The van der Waals surface area contributed by atoms with Crippen LogP contribution in [0.5, 0.6) is 0 Å². The van der Waals surface area contributed by atoms with Crippen molar-refractivity contribution < 1.29 is 0 Å². The minimum Gasteiger partial charge on any atom is -0.393 e. The first kappa shape index (κ1) is 12.8. The molecule has 0 aromatic carbocycles. The van der Waals surface area contributed by atoms with Gasteiger partial charge >= 0.3 is 0 Å². The molecule has 3 unspecified atom stereocenters. The van der Waals surface area contributed by atoms with Gasteiger partial charge in [-0.05, 0) is 30.6 Å². The summed E-state index contributed by atoms with van der Waals surface area (Å²) < 4.78 is 0. The van der Waals surface area contributed by atoms with E-state index in [2.05, 4.69) is 26.8 Å². The van der Waals surface area contributed by atoms with E-state index >= 15 is 0 Å². The number of thioether (sulfide) groups is 1. The van der Waals surface area contributed by atoms with Crippen molar-refractivity contribution in [1.29, 1.82) is 5.26 Å². The third-order valence-electron chi connectivity index (χ3n) is 4.84. The number of hydrogen-bond acceptors (Lipinski definition) is 3. The third-order valence-corrected chi connectivity index (χ3v) is 6.14. The van der Waals surface area contributed by atoms with Crippen LogP contribution in [-0.2, 0) is 0 Å². The van der Waals surface area contributed by atoms with Crippen molar-refractivity contribution in [3.63, 3.8) is 0 Å². The Kier molecular flexibility index (Phi) is 3.45. The minimum absolute atomic E-state index is 0.426. The van der Waals surface area contributed by atoms with Crippen molar-refractivity contribution in [2.24, 2.45) is 23.0 Å². The van der Waals surface area contributed by atoms with Gasteiger partial charge in [0.05, 0.1) is 16.7 Å². The Labute approximate surface area is 109 Å². The number of nitrogens with zero attached hydrogens (tertiary/aromatic N) is 1. The van der Waals surface area contributed by atoms with Crippen LogP contribution in [0, 0.1) is 28.6 Å². The Balaban J connectivity index is 2.09. The maximum absolute atomic E-state index is 9.15. The molecule has 3 heteroatoms. The van der Waals surface area contributed by atoms with Gasteiger partial charge in [-0.1, -0.05) is 27.2 Å². The maximum Gasteiger partial charge on any atom is 0.0977 e. The summed E-state index contributed by atoms with van der Waals surface area (Å²) in [4.78, 5) is 0. The molecule has 1 heterocycles. The highest BCUT2D eigenvalue weighted by Crippen LogP contribution is 2.52. The van der Waals surface area contributed by atoms with E-state index in [1.165, 1.54) is 19.3 Å². The molecule has 17 heavy (non-hydrogen) atoms. The highest BCUT2D eigenvalue weighted by atomic mass is 32.2. The molecular formula is C14H22N2S. The van der Waals surface area contributed by atoms with Crippen LogP contribution in [0.15, 0.2) is 10.6 Å². The molecule has 1 aliphatic carbocycles. The SMILES string of the molecule is CCC(C)(C)C1CCC2C(C#N)=C(N)SC2C1. The number of rotatable bonds is 2. The van der Waals surface area contributed by atoms with Crippen molar-refractivity contribution in [3.8, 4) is 6.07 Å². The molecule has 2 N–H and O–H groups in total. The Morgan fingerprint density at radius 3 is 2.76 bits per heavy atom. The van der Waals surface area contributed by atoms with Gasteiger partial charge in [0, 0.05) is 11.2 Å². The standard InChI is InChI=1S/C14H22N2S/c1-4-14(2,3)9-5-6-10-11(8-15)13(16)17-12(10)7-9/h9-10,12H,4-7,16H2,1-3H3. The van der Waals surface area contributed by atoms with Gasteiger partial charge in [-0.3, -0.25) is 0 Å². The van der Waals surface area contributed by atoms with Crippen molar-refractivity contribution in [3.05, 3.63) is 10.6 Å². The molecular weight excluding hydrogens is 228 g/mol. The molecule has 2 aliphatic rings. The van der Waals surface area contributed by atoms with Crippen LogP contribution in [-0.4, -0.2) is 5.25 Å². The monoisotopic (exact) mass is 250 g/mol. The second-order valence-electron chi connectivity index (χ2n) is 6.00. The predicted molar refractivity (Wildman–Crippen MR) is 73.1 cm³/mol. The number of hydrogen-bond donors (Lipinski definition) is 1. The predicted octanol–water partition coefficient (Wildman–Crippen LogP) is 3.65. The highest BCUT2D eigenvalue weighted by Gasteiger charge is 2.42. The molecule has 1 saturated carbocycles. The molecule has 0 saturated heterocycles. The summed E-state index contributed by atoms with van der Waals surface area (Å²) in [5.41, 5.74) is 7.25. The lowest BCUT2D eigenvalue weighted by Crippen LogP contribution is -2.33. The average molecular weight is 250 g/mol. The van der Waals surface area contributed by atoms with Crippen molar-refractivity contribution in [2.45, 2.75) is 51.7 Å². The van der Waals surface area contributed by atoms with Crippen LogP contribution in [0.2, 0.25) is 0 Å². The van der Waals surface area contributed by atoms with Crippen LogP contribution < -0.4 is 5.73 Å². The fraction of sp³-hybridized carbons (Fsp3) is 0.786. The number of nitrogens with two attached hydrogens (primary N) is 1. The molecule has 0 bridgehead atoms. The second-order valence-corrected chi connectivity index (χ2v) is 7.29. The Morgan fingerprint density at radius 1 is 1.47 bits per heavy atom. The molecule has 0 amide bonds. The summed E-state index contributed by atoms with van der Waals surface area (Å²) in [6, 6.07) is 2.31. The number of allylic oxidation sites excluding steroid dienone is 1. The minimum atomic E-state index is 0.426. The van der Waals surface area contributed by atoms with Gasteiger partial charge in [-0.25, -0.2) is 0 Å². The van der Waals surface area contributed by atoms with Gasteiger partial charge in [-0.2, -0.15) is 5.26 Å². The summed E-state index contributed by atoms with van der Waals surface area (Å²) in [6.45, 7) is 7.03. The van der Waals surface area contributed by atoms with Gasteiger partial charge < -0.3 is 5.73 Å². The topological polar surface area (TPSA) is 49.8 Å². The van der Waals surface area contributed by atoms with E-state index in [4.69, 9.17) is 11.0 Å².